The quantitative estimate of drug-likeness (QED) is 0.692. The number of nitrogen functional groups attached to an aromatic ring is 1. The van der Waals surface area contributed by atoms with Crippen molar-refractivity contribution in [1.29, 1.82) is 0 Å². The van der Waals surface area contributed by atoms with Gasteiger partial charge in [0.1, 0.15) is 5.82 Å². The van der Waals surface area contributed by atoms with E-state index in [4.69, 9.17) is 5.73 Å². The van der Waals surface area contributed by atoms with Crippen LogP contribution in [0.5, 0.6) is 0 Å². The van der Waals surface area contributed by atoms with E-state index in [1.54, 1.807) is 12.1 Å². The Morgan fingerprint density at radius 3 is 2.33 bits per heavy atom. The maximum absolute atomic E-state index is 12.6. The third-order valence-electron chi connectivity index (χ3n) is 3.38. The van der Waals surface area contributed by atoms with Gasteiger partial charge < -0.3 is 10.3 Å². The molecule has 0 atom stereocenters. The van der Waals surface area contributed by atoms with Crippen molar-refractivity contribution in [3.05, 3.63) is 48.0 Å². The summed E-state index contributed by atoms with van der Waals surface area (Å²) in [6.07, 6.45) is -4.33. The molecular formula is C15H12F3N3. The van der Waals surface area contributed by atoms with Gasteiger partial charge in [-0.25, -0.2) is 4.98 Å². The van der Waals surface area contributed by atoms with Crippen molar-refractivity contribution in [2.45, 2.75) is 6.18 Å². The molecule has 2 N–H and O–H groups in total. The molecule has 3 nitrogen and oxygen atoms in total. The highest BCUT2D eigenvalue weighted by atomic mass is 19.4. The molecule has 6 heteroatoms. The zero-order valence-corrected chi connectivity index (χ0v) is 11.1. The molecule has 1 aromatic heterocycles. The average Bonchev–Trinajstić information content (AvgIpc) is 2.74. The number of hydrogen-bond acceptors (Lipinski definition) is 2. The molecular weight excluding hydrogens is 279 g/mol. The number of rotatable bonds is 1. The molecule has 21 heavy (non-hydrogen) atoms. The molecule has 0 aliphatic rings. The van der Waals surface area contributed by atoms with E-state index in [0.717, 1.165) is 17.6 Å². The van der Waals surface area contributed by atoms with Crippen molar-refractivity contribution >= 4 is 16.7 Å². The number of aromatic nitrogens is 2. The number of fused-ring (bicyclic) bond motifs is 1. The average molecular weight is 291 g/mol. The fourth-order valence-corrected chi connectivity index (χ4v) is 2.28. The first-order chi connectivity index (χ1) is 9.86. The lowest BCUT2D eigenvalue weighted by Gasteiger charge is -2.07. The van der Waals surface area contributed by atoms with E-state index in [-0.39, 0.29) is 0 Å². The van der Waals surface area contributed by atoms with Gasteiger partial charge in [-0.2, -0.15) is 13.2 Å². The summed E-state index contributed by atoms with van der Waals surface area (Å²) in [5.74, 6) is 0.601. The molecule has 0 unspecified atom stereocenters. The number of halogens is 3. The summed E-state index contributed by atoms with van der Waals surface area (Å²) < 4.78 is 39.6. The number of anilines is 1. The zero-order chi connectivity index (χ0) is 15.2. The Labute approximate surface area is 118 Å². The topological polar surface area (TPSA) is 43.8 Å². The molecule has 0 saturated heterocycles. The van der Waals surface area contributed by atoms with E-state index in [1.165, 1.54) is 12.1 Å². The molecule has 0 radical (unpaired) electrons. The van der Waals surface area contributed by atoms with Gasteiger partial charge in [-0.3, -0.25) is 0 Å². The van der Waals surface area contributed by atoms with Crippen LogP contribution in [0.25, 0.3) is 22.4 Å². The monoisotopic (exact) mass is 291 g/mol. The van der Waals surface area contributed by atoms with Crippen LogP contribution in [0.3, 0.4) is 0 Å². The van der Waals surface area contributed by atoms with Crippen molar-refractivity contribution in [1.82, 2.24) is 9.55 Å². The molecule has 0 saturated carbocycles. The van der Waals surface area contributed by atoms with Crippen molar-refractivity contribution in [2.24, 2.45) is 7.05 Å². The number of aryl methyl sites for hydroxylation is 1. The van der Waals surface area contributed by atoms with Crippen LogP contribution in [0, 0.1) is 0 Å². The Morgan fingerprint density at radius 2 is 1.71 bits per heavy atom. The van der Waals surface area contributed by atoms with Crippen LogP contribution in [0.2, 0.25) is 0 Å². The van der Waals surface area contributed by atoms with Gasteiger partial charge in [0, 0.05) is 18.3 Å². The Kier molecular flexibility index (Phi) is 2.90. The fraction of sp³-hybridized carbons (Fsp3) is 0.133. The fourth-order valence-electron chi connectivity index (χ4n) is 2.28. The second-order valence-corrected chi connectivity index (χ2v) is 4.82. The molecule has 3 aromatic rings. The molecule has 0 amide bonds. The Morgan fingerprint density at radius 1 is 1.05 bits per heavy atom. The van der Waals surface area contributed by atoms with Gasteiger partial charge in [-0.1, -0.05) is 12.1 Å². The summed E-state index contributed by atoms with van der Waals surface area (Å²) in [4.78, 5) is 4.44. The van der Waals surface area contributed by atoms with Crippen molar-refractivity contribution in [3.63, 3.8) is 0 Å². The summed E-state index contributed by atoms with van der Waals surface area (Å²) in [5, 5.41) is 0. The lowest BCUT2D eigenvalue weighted by Crippen LogP contribution is -2.04. The van der Waals surface area contributed by atoms with E-state index in [2.05, 4.69) is 4.98 Å². The highest BCUT2D eigenvalue weighted by Crippen LogP contribution is 2.31. The summed E-state index contributed by atoms with van der Waals surface area (Å²) in [6, 6.07) is 10.3. The normalized spacial score (nSPS) is 12.0. The van der Waals surface area contributed by atoms with E-state index >= 15 is 0 Å². The van der Waals surface area contributed by atoms with Crippen LogP contribution in [0.15, 0.2) is 42.5 Å². The lowest BCUT2D eigenvalue weighted by atomic mass is 10.1. The predicted octanol–water partition coefficient (Wildman–Crippen LogP) is 3.84. The third-order valence-corrected chi connectivity index (χ3v) is 3.38. The number of hydrogen-bond donors (Lipinski definition) is 1. The van der Waals surface area contributed by atoms with Gasteiger partial charge in [0.2, 0.25) is 0 Å². The number of nitrogens with two attached hydrogens (primary N) is 1. The highest BCUT2D eigenvalue weighted by Gasteiger charge is 2.30. The zero-order valence-electron chi connectivity index (χ0n) is 11.1. The largest absolute Gasteiger partial charge is 0.416 e. The lowest BCUT2D eigenvalue weighted by molar-refractivity contribution is -0.137. The summed E-state index contributed by atoms with van der Waals surface area (Å²) in [6.45, 7) is 0. The minimum Gasteiger partial charge on any atom is -0.399 e. The number of alkyl halides is 3. The molecule has 0 bridgehead atoms. The SMILES string of the molecule is Cn1c(-c2ccc(C(F)(F)F)cc2)nc2cc(N)ccc21. The third kappa shape index (κ3) is 2.33. The maximum atomic E-state index is 12.6. The van der Waals surface area contributed by atoms with Gasteiger partial charge in [0.15, 0.2) is 0 Å². The standard InChI is InChI=1S/C15H12F3N3/c1-21-13-7-6-11(19)8-12(13)20-14(21)9-2-4-10(5-3-9)15(16,17)18/h2-8H,19H2,1H3. The molecule has 3 rings (SSSR count). The Hall–Kier alpha value is -2.50. The van der Waals surface area contributed by atoms with Gasteiger partial charge in [-0.05, 0) is 30.3 Å². The summed E-state index contributed by atoms with van der Waals surface area (Å²) in [5.41, 5.74) is 7.85. The first-order valence-electron chi connectivity index (χ1n) is 6.26. The van der Waals surface area contributed by atoms with E-state index in [0.29, 0.717) is 22.6 Å². The Bertz CT molecular complexity index is 801. The van der Waals surface area contributed by atoms with Crippen molar-refractivity contribution < 1.29 is 13.2 Å². The minimum atomic E-state index is -4.33. The van der Waals surface area contributed by atoms with Gasteiger partial charge >= 0.3 is 6.18 Å². The number of nitrogens with zero attached hydrogens (tertiary/aromatic N) is 2. The highest BCUT2D eigenvalue weighted by molar-refractivity contribution is 5.83. The minimum absolute atomic E-state index is 0.597. The van der Waals surface area contributed by atoms with Crippen LogP contribution >= 0.6 is 0 Å². The van der Waals surface area contributed by atoms with Gasteiger partial charge in [0.05, 0.1) is 16.6 Å². The van der Waals surface area contributed by atoms with Crippen LogP contribution < -0.4 is 5.73 Å². The van der Waals surface area contributed by atoms with E-state index in [9.17, 15) is 13.2 Å². The van der Waals surface area contributed by atoms with Crippen LogP contribution in [-0.4, -0.2) is 9.55 Å². The van der Waals surface area contributed by atoms with E-state index in [1.807, 2.05) is 17.7 Å². The number of imidazole rings is 1. The molecule has 108 valence electrons. The van der Waals surface area contributed by atoms with Gasteiger partial charge in [-0.15, -0.1) is 0 Å². The molecule has 1 heterocycles. The number of benzene rings is 2. The van der Waals surface area contributed by atoms with Crippen molar-refractivity contribution in [3.8, 4) is 11.4 Å². The summed E-state index contributed by atoms with van der Waals surface area (Å²) in [7, 11) is 1.82. The van der Waals surface area contributed by atoms with Crippen molar-refractivity contribution in [2.75, 3.05) is 5.73 Å². The van der Waals surface area contributed by atoms with E-state index < -0.39 is 11.7 Å². The molecule has 0 fully saturated rings. The first kappa shape index (κ1) is 13.5. The summed E-state index contributed by atoms with van der Waals surface area (Å²) >= 11 is 0. The van der Waals surface area contributed by atoms with Crippen LogP contribution in [0.1, 0.15) is 5.56 Å². The molecule has 0 spiro atoms. The molecule has 0 aliphatic carbocycles. The van der Waals surface area contributed by atoms with Crippen LogP contribution in [0.4, 0.5) is 18.9 Å². The second-order valence-electron chi connectivity index (χ2n) is 4.82. The first-order valence-corrected chi connectivity index (χ1v) is 6.26. The smallest absolute Gasteiger partial charge is 0.399 e. The Balaban J connectivity index is 2.10. The maximum Gasteiger partial charge on any atom is 0.416 e. The predicted molar refractivity (Wildman–Crippen MR) is 75.6 cm³/mol. The van der Waals surface area contributed by atoms with Gasteiger partial charge in [0.25, 0.3) is 0 Å². The van der Waals surface area contributed by atoms with Crippen LogP contribution in [-0.2, 0) is 13.2 Å². The molecule has 0 aliphatic heterocycles. The second kappa shape index (κ2) is 4.51. The molecule has 2 aromatic carbocycles.